The molecule has 2 atom stereocenters. The van der Waals surface area contributed by atoms with E-state index in [1.165, 1.54) is 30.2 Å². The third-order valence-electron chi connectivity index (χ3n) is 3.97. The number of para-hydroxylation sites is 1. The number of aromatic nitrogens is 1. The minimum Gasteiger partial charge on any atom is -0.485 e. The van der Waals surface area contributed by atoms with E-state index in [2.05, 4.69) is 5.16 Å². The lowest BCUT2D eigenvalue weighted by molar-refractivity contribution is -0.145. The van der Waals surface area contributed by atoms with Crippen molar-refractivity contribution in [1.29, 1.82) is 0 Å². The van der Waals surface area contributed by atoms with E-state index < -0.39 is 29.8 Å². The molecule has 1 aliphatic rings. The van der Waals surface area contributed by atoms with Gasteiger partial charge in [0.2, 0.25) is 0 Å². The number of ether oxygens (including phenoxy) is 2. The molecule has 0 spiro atoms. The highest BCUT2D eigenvalue weighted by atomic mass is 19.1. The van der Waals surface area contributed by atoms with E-state index >= 15 is 0 Å². The Morgan fingerprint density at radius 1 is 1.36 bits per heavy atom. The molecule has 1 aliphatic heterocycles. The average molecular weight is 348 g/mol. The summed E-state index contributed by atoms with van der Waals surface area (Å²) in [6.45, 7) is 1.77. The molecule has 0 N–H and O–H groups in total. The first kappa shape index (κ1) is 16.9. The first-order valence-corrected chi connectivity index (χ1v) is 7.73. The molecule has 0 bridgehead atoms. The smallest absolute Gasteiger partial charge is 0.328 e. The molecular formula is C17H17FN2O5. The van der Waals surface area contributed by atoms with Gasteiger partial charge in [-0.05, 0) is 19.1 Å². The van der Waals surface area contributed by atoms with Crippen molar-refractivity contribution in [2.24, 2.45) is 0 Å². The molecule has 1 aromatic carbocycles. The predicted molar refractivity (Wildman–Crippen MR) is 83.5 cm³/mol. The SMILES string of the molecule is COC(=O)[C@@H]1C[C@@H](Oc2ccccc2F)CN1C(=O)c1cc(C)on1. The molecular weight excluding hydrogens is 331 g/mol. The minimum absolute atomic E-state index is 0.0719. The van der Waals surface area contributed by atoms with E-state index in [0.29, 0.717) is 5.76 Å². The van der Waals surface area contributed by atoms with Crippen molar-refractivity contribution < 1.29 is 28.0 Å². The summed E-state index contributed by atoms with van der Waals surface area (Å²) in [5.41, 5.74) is 0.0953. The van der Waals surface area contributed by atoms with E-state index in [-0.39, 0.29) is 24.4 Å². The Morgan fingerprint density at radius 2 is 2.12 bits per heavy atom. The summed E-state index contributed by atoms with van der Waals surface area (Å²) >= 11 is 0. The van der Waals surface area contributed by atoms with Gasteiger partial charge in [-0.15, -0.1) is 0 Å². The molecule has 3 rings (SSSR count). The lowest BCUT2D eigenvalue weighted by atomic mass is 10.2. The van der Waals surface area contributed by atoms with Crippen LogP contribution in [-0.4, -0.2) is 47.7 Å². The molecule has 7 nitrogen and oxygen atoms in total. The van der Waals surface area contributed by atoms with Crippen LogP contribution < -0.4 is 4.74 Å². The summed E-state index contributed by atoms with van der Waals surface area (Å²) in [5, 5.41) is 3.68. The molecule has 0 unspecified atom stereocenters. The summed E-state index contributed by atoms with van der Waals surface area (Å²) in [7, 11) is 1.25. The molecule has 1 aromatic heterocycles. The van der Waals surface area contributed by atoms with E-state index in [9.17, 15) is 14.0 Å². The first-order valence-electron chi connectivity index (χ1n) is 7.73. The quantitative estimate of drug-likeness (QED) is 0.786. The van der Waals surface area contributed by atoms with Gasteiger partial charge in [0.15, 0.2) is 17.3 Å². The number of amides is 1. The summed E-state index contributed by atoms with van der Waals surface area (Å²) < 4.78 is 29.1. The number of nitrogens with zero attached hydrogens (tertiary/aromatic N) is 2. The van der Waals surface area contributed by atoms with Crippen LogP contribution in [-0.2, 0) is 9.53 Å². The van der Waals surface area contributed by atoms with Crippen LogP contribution in [0.1, 0.15) is 22.7 Å². The average Bonchev–Trinajstić information content (AvgIpc) is 3.22. The Bertz CT molecular complexity index is 791. The zero-order chi connectivity index (χ0) is 18.0. The van der Waals surface area contributed by atoms with Crippen LogP contribution in [0.5, 0.6) is 5.75 Å². The zero-order valence-corrected chi connectivity index (χ0v) is 13.8. The van der Waals surface area contributed by atoms with Gasteiger partial charge in [-0.3, -0.25) is 4.79 Å². The lowest BCUT2D eigenvalue weighted by Gasteiger charge is -2.20. The fourth-order valence-electron chi connectivity index (χ4n) is 2.80. The number of rotatable bonds is 4. The summed E-state index contributed by atoms with van der Waals surface area (Å²) in [4.78, 5) is 26.0. The van der Waals surface area contributed by atoms with Crippen LogP contribution in [0.2, 0.25) is 0 Å². The lowest BCUT2D eigenvalue weighted by Crippen LogP contribution is -2.41. The summed E-state index contributed by atoms with van der Waals surface area (Å²) in [5.74, 6) is -0.979. The number of likely N-dealkylation sites (tertiary alicyclic amines) is 1. The highest BCUT2D eigenvalue weighted by Gasteiger charge is 2.42. The van der Waals surface area contributed by atoms with Crippen LogP contribution in [0.15, 0.2) is 34.9 Å². The van der Waals surface area contributed by atoms with Crippen molar-refractivity contribution in [2.45, 2.75) is 25.5 Å². The monoisotopic (exact) mass is 348 g/mol. The molecule has 0 radical (unpaired) electrons. The molecule has 132 valence electrons. The maximum Gasteiger partial charge on any atom is 0.328 e. The fourth-order valence-corrected chi connectivity index (χ4v) is 2.80. The van der Waals surface area contributed by atoms with E-state index in [1.807, 2.05) is 0 Å². The number of carbonyl (C=O) groups excluding carboxylic acids is 2. The van der Waals surface area contributed by atoms with Crippen LogP contribution in [0.3, 0.4) is 0 Å². The van der Waals surface area contributed by atoms with E-state index in [0.717, 1.165) is 0 Å². The van der Waals surface area contributed by atoms with Gasteiger partial charge < -0.3 is 18.9 Å². The maximum absolute atomic E-state index is 13.8. The van der Waals surface area contributed by atoms with Crippen molar-refractivity contribution in [2.75, 3.05) is 13.7 Å². The van der Waals surface area contributed by atoms with Crippen molar-refractivity contribution in [1.82, 2.24) is 10.1 Å². The van der Waals surface area contributed by atoms with Crippen molar-refractivity contribution in [3.63, 3.8) is 0 Å². The number of hydrogen-bond acceptors (Lipinski definition) is 6. The van der Waals surface area contributed by atoms with Gasteiger partial charge in [0.25, 0.3) is 5.91 Å². The fraction of sp³-hybridized carbons (Fsp3) is 0.353. The molecule has 2 heterocycles. The first-order chi connectivity index (χ1) is 12.0. The third-order valence-corrected chi connectivity index (χ3v) is 3.97. The van der Waals surface area contributed by atoms with E-state index in [1.54, 1.807) is 19.1 Å². The standard InChI is InChI=1S/C17H17FN2O5/c1-10-7-13(19-25-10)16(21)20-9-11(8-14(20)17(22)23-2)24-15-6-4-3-5-12(15)18/h3-7,11,14H,8-9H2,1-2H3/t11-,14+/m1/s1. The molecule has 1 amide bonds. The molecule has 2 aromatic rings. The topological polar surface area (TPSA) is 81.9 Å². The Hall–Kier alpha value is -2.90. The second-order valence-corrected chi connectivity index (χ2v) is 5.73. The van der Waals surface area contributed by atoms with Gasteiger partial charge in [-0.2, -0.15) is 0 Å². The highest BCUT2D eigenvalue weighted by Crippen LogP contribution is 2.27. The number of aryl methyl sites for hydroxylation is 1. The Kier molecular flexibility index (Phi) is 4.69. The van der Waals surface area contributed by atoms with Crippen LogP contribution in [0.25, 0.3) is 0 Å². The Balaban J connectivity index is 1.80. The molecule has 25 heavy (non-hydrogen) atoms. The normalized spacial score (nSPS) is 19.7. The van der Waals surface area contributed by atoms with Crippen molar-refractivity contribution in [3.05, 3.63) is 47.6 Å². The molecule has 0 saturated carbocycles. The number of carbonyl (C=O) groups is 2. The van der Waals surface area contributed by atoms with Crippen LogP contribution in [0.4, 0.5) is 4.39 Å². The summed E-state index contributed by atoms with van der Waals surface area (Å²) in [6, 6.07) is 6.63. The van der Waals surface area contributed by atoms with Gasteiger partial charge in [-0.1, -0.05) is 17.3 Å². The Morgan fingerprint density at radius 3 is 2.76 bits per heavy atom. The number of methoxy groups -OCH3 is 1. The van der Waals surface area contributed by atoms with Gasteiger partial charge in [0.05, 0.1) is 13.7 Å². The molecule has 1 fully saturated rings. The summed E-state index contributed by atoms with van der Waals surface area (Å²) in [6.07, 6.45) is -0.346. The van der Waals surface area contributed by atoms with Gasteiger partial charge in [0, 0.05) is 12.5 Å². The maximum atomic E-state index is 13.8. The number of esters is 1. The van der Waals surface area contributed by atoms with Crippen molar-refractivity contribution in [3.8, 4) is 5.75 Å². The second kappa shape index (κ2) is 6.92. The van der Waals surface area contributed by atoms with Crippen molar-refractivity contribution >= 4 is 11.9 Å². The molecule has 0 aliphatic carbocycles. The molecule has 1 saturated heterocycles. The number of hydrogen-bond donors (Lipinski definition) is 0. The van der Waals surface area contributed by atoms with Crippen LogP contribution >= 0.6 is 0 Å². The largest absolute Gasteiger partial charge is 0.485 e. The predicted octanol–water partition coefficient (Wildman–Crippen LogP) is 1.96. The zero-order valence-electron chi connectivity index (χ0n) is 13.8. The van der Waals surface area contributed by atoms with Gasteiger partial charge in [-0.25, -0.2) is 9.18 Å². The third kappa shape index (κ3) is 3.47. The Labute approximate surface area is 143 Å². The van der Waals surface area contributed by atoms with Gasteiger partial charge >= 0.3 is 5.97 Å². The van der Waals surface area contributed by atoms with Gasteiger partial charge in [0.1, 0.15) is 17.9 Å². The minimum atomic E-state index is -0.828. The highest BCUT2D eigenvalue weighted by molar-refractivity contribution is 5.95. The number of halogens is 1. The second-order valence-electron chi connectivity index (χ2n) is 5.73. The molecule has 8 heteroatoms. The van der Waals surface area contributed by atoms with Crippen LogP contribution in [0, 0.1) is 12.7 Å². The van der Waals surface area contributed by atoms with E-state index in [4.69, 9.17) is 14.0 Å². The number of benzene rings is 1.